The molecule has 0 bridgehead atoms. The van der Waals surface area contributed by atoms with Crippen molar-refractivity contribution in [3.05, 3.63) is 121 Å². The van der Waals surface area contributed by atoms with Gasteiger partial charge in [-0.15, -0.1) is 0 Å². The minimum atomic E-state index is -4.13. The monoisotopic (exact) mass is 831 g/mol. The highest BCUT2D eigenvalue weighted by molar-refractivity contribution is 7.89. The molecule has 2 saturated heterocycles. The second-order valence-corrected chi connectivity index (χ2v) is 17.4. The molecule has 2 aromatic carbocycles. The fourth-order valence-corrected chi connectivity index (χ4v) is 9.00. The zero-order valence-electron chi connectivity index (χ0n) is 35.0. The van der Waals surface area contributed by atoms with Crippen molar-refractivity contribution in [3.63, 3.8) is 0 Å². The molecule has 11 nitrogen and oxygen atoms in total. The van der Waals surface area contributed by atoms with Gasteiger partial charge in [-0.3, -0.25) is 9.69 Å². The number of fused-ring (bicyclic) bond motifs is 1. The minimum Gasteiger partial charge on any atom is -0.465 e. The summed E-state index contributed by atoms with van der Waals surface area (Å²) in [7, 11) is -4.13. The number of aliphatic hydroxyl groups excluding tert-OH is 1. The third-order valence-electron chi connectivity index (χ3n) is 10.3. The molecule has 2 aromatic rings. The van der Waals surface area contributed by atoms with Gasteiger partial charge in [0.15, 0.2) is 6.29 Å². The first-order valence-electron chi connectivity index (χ1n) is 21.1. The van der Waals surface area contributed by atoms with Gasteiger partial charge in [0.1, 0.15) is 0 Å². The van der Waals surface area contributed by atoms with Crippen LogP contribution in [0.25, 0.3) is 0 Å². The number of nitrogens with zero attached hydrogens (tertiary/aromatic N) is 2. The molecule has 2 aliphatic heterocycles. The molecule has 2 aliphatic rings. The van der Waals surface area contributed by atoms with Gasteiger partial charge < -0.3 is 25.0 Å². The van der Waals surface area contributed by atoms with Gasteiger partial charge in [0.2, 0.25) is 15.9 Å². The molecule has 2 fully saturated rings. The highest BCUT2D eigenvalue weighted by atomic mass is 32.2. The minimum absolute atomic E-state index is 0.00609. The molecule has 0 aromatic heterocycles. The Bertz CT molecular complexity index is 1820. The van der Waals surface area contributed by atoms with Crippen LogP contribution in [0.4, 0.5) is 10.5 Å². The van der Waals surface area contributed by atoms with E-state index in [9.17, 15) is 28.2 Å². The number of aliphatic hydroxyl groups is 1. The van der Waals surface area contributed by atoms with Crippen molar-refractivity contribution in [2.24, 2.45) is 11.8 Å². The van der Waals surface area contributed by atoms with Gasteiger partial charge in [-0.05, 0) is 93.5 Å². The molecule has 12 heteroatoms. The molecule has 5 atom stereocenters. The number of carbonyl (C=O) groups is 2. The number of hydrogen-bond donors (Lipinski definition) is 3. The van der Waals surface area contributed by atoms with Gasteiger partial charge in [0.25, 0.3) is 0 Å². The van der Waals surface area contributed by atoms with E-state index in [1.165, 1.54) is 21.3 Å². The average molecular weight is 832 g/mol. The second-order valence-electron chi connectivity index (χ2n) is 15.5. The topological polar surface area (TPSA) is 146 Å². The maximum atomic E-state index is 14.2. The van der Waals surface area contributed by atoms with Crippen LogP contribution in [0.5, 0.6) is 0 Å². The molecular weight excluding hydrogens is 767 g/mol. The van der Waals surface area contributed by atoms with Crippen molar-refractivity contribution in [1.29, 1.82) is 0 Å². The first-order valence-corrected chi connectivity index (χ1v) is 22.6. The van der Waals surface area contributed by atoms with E-state index in [2.05, 4.69) is 73.0 Å². The number of allylic oxidation sites excluding steroid dienone is 10. The van der Waals surface area contributed by atoms with Crippen LogP contribution < -0.4 is 5.32 Å². The van der Waals surface area contributed by atoms with E-state index in [0.717, 1.165) is 44.1 Å². The van der Waals surface area contributed by atoms with Crippen LogP contribution in [-0.4, -0.2) is 90.6 Å². The summed E-state index contributed by atoms with van der Waals surface area (Å²) in [5.74, 6) is -0.434. The van der Waals surface area contributed by atoms with Gasteiger partial charge in [-0.1, -0.05) is 112 Å². The lowest BCUT2D eigenvalue weighted by molar-refractivity contribution is -0.116. The molecule has 0 saturated carbocycles. The van der Waals surface area contributed by atoms with E-state index in [1.54, 1.807) is 12.1 Å². The first-order chi connectivity index (χ1) is 28.5. The van der Waals surface area contributed by atoms with E-state index in [4.69, 9.17) is 9.47 Å². The number of hydrogen-bond acceptors (Lipinski definition) is 7. The van der Waals surface area contributed by atoms with Gasteiger partial charge in [0, 0.05) is 31.1 Å². The molecule has 1 unspecified atom stereocenters. The van der Waals surface area contributed by atoms with Crippen LogP contribution in [0.3, 0.4) is 0 Å². The van der Waals surface area contributed by atoms with Crippen molar-refractivity contribution >= 4 is 27.7 Å². The van der Waals surface area contributed by atoms with Crippen LogP contribution >= 0.6 is 0 Å². The Labute approximate surface area is 352 Å². The number of nitrogens with one attached hydrogen (secondary N) is 1. The Hall–Kier alpha value is -4.33. The third-order valence-corrected chi connectivity index (χ3v) is 12.2. The van der Waals surface area contributed by atoms with Crippen LogP contribution in [0.1, 0.15) is 84.1 Å². The molecule has 2 heterocycles. The fourth-order valence-electron chi connectivity index (χ4n) is 7.37. The smallest absolute Gasteiger partial charge is 0.407 e. The number of ether oxygens (including phenoxy) is 2. The van der Waals surface area contributed by atoms with Crippen molar-refractivity contribution in [3.8, 4) is 0 Å². The largest absolute Gasteiger partial charge is 0.465 e. The third kappa shape index (κ3) is 15.7. The van der Waals surface area contributed by atoms with Gasteiger partial charge in [0.05, 0.1) is 36.3 Å². The molecule has 2 amide bonds. The van der Waals surface area contributed by atoms with Crippen molar-refractivity contribution in [2.75, 3.05) is 31.6 Å². The SMILES string of the molecule is CC/C=C\C/C=C\C/C=C\C/C=C\C/C=C\CCCC(=O)Nc1ccc(S(=O)(=O)N(CC(C)C)C[C@@H](O)[C@H](Cc2ccccc2)N(C(=O)O)C2CO[C@H]3OCC[C@@H]23)cc1. The van der Waals surface area contributed by atoms with Crippen LogP contribution in [0.2, 0.25) is 0 Å². The molecule has 59 heavy (non-hydrogen) atoms. The van der Waals surface area contributed by atoms with Gasteiger partial charge in [-0.25, -0.2) is 13.2 Å². The zero-order chi connectivity index (χ0) is 42.5. The average Bonchev–Trinajstić information content (AvgIpc) is 3.84. The second kappa shape index (κ2) is 25.3. The summed E-state index contributed by atoms with van der Waals surface area (Å²) in [5, 5.41) is 25.3. The lowest BCUT2D eigenvalue weighted by atomic mass is 9.93. The van der Waals surface area contributed by atoms with E-state index < -0.39 is 40.6 Å². The number of unbranched alkanes of at least 4 members (excludes halogenated alkanes) is 1. The lowest BCUT2D eigenvalue weighted by Crippen LogP contribution is -2.57. The standard InChI is InChI=1S/C47H65N3O8S/c1-4-5-6-7-8-9-10-11-12-13-14-15-16-17-18-19-23-26-45(52)48-39-27-29-40(30-28-39)59(55,56)49(34-37(2)3)35-44(51)42(33-38-24-21-20-22-25-38)50(47(53)54)43-36-58-46-41(43)31-32-57-46/h5-6,8-9,11-12,14-15,17-18,20-22,24-25,27-30,37,41-44,46,51H,4,7,10,13,16,19,23,26,31-36H2,1-3H3,(H,48,52)(H,53,54)/b6-5-,9-8-,12-11-,15-14-,18-17-/t41-,42-,43?,44+,46+/m0/s1. The molecule has 0 spiro atoms. The molecule has 0 radical (unpaired) electrons. The summed E-state index contributed by atoms with van der Waals surface area (Å²) in [6.45, 7) is 6.27. The maximum Gasteiger partial charge on any atom is 0.407 e. The van der Waals surface area contributed by atoms with Crippen LogP contribution in [0, 0.1) is 11.8 Å². The number of rotatable bonds is 25. The van der Waals surface area contributed by atoms with E-state index >= 15 is 0 Å². The van der Waals surface area contributed by atoms with E-state index in [0.29, 0.717) is 31.6 Å². The van der Waals surface area contributed by atoms with Gasteiger partial charge in [-0.2, -0.15) is 4.31 Å². The van der Waals surface area contributed by atoms with E-state index in [1.807, 2.05) is 44.2 Å². The Morgan fingerprint density at radius 2 is 1.46 bits per heavy atom. The van der Waals surface area contributed by atoms with Crippen molar-refractivity contribution < 1.29 is 37.7 Å². The summed E-state index contributed by atoms with van der Waals surface area (Å²) >= 11 is 0. The molecule has 3 N–H and O–H groups in total. The lowest BCUT2D eigenvalue weighted by Gasteiger charge is -2.39. The molecule has 0 aliphatic carbocycles. The number of carbonyl (C=O) groups excluding carboxylic acids is 1. The summed E-state index contributed by atoms with van der Waals surface area (Å²) in [4.78, 5) is 26.9. The molecule has 322 valence electrons. The highest BCUT2D eigenvalue weighted by Gasteiger charge is 2.49. The first kappa shape index (κ1) is 47.3. The maximum absolute atomic E-state index is 14.2. The van der Waals surface area contributed by atoms with Crippen LogP contribution in [-0.2, 0) is 30.7 Å². The Kier molecular flexibility index (Phi) is 20.3. The fraction of sp³-hybridized carbons (Fsp3) is 0.489. The summed E-state index contributed by atoms with van der Waals surface area (Å²) < 4.78 is 41.0. The van der Waals surface area contributed by atoms with Gasteiger partial charge >= 0.3 is 6.09 Å². The highest BCUT2D eigenvalue weighted by Crippen LogP contribution is 2.36. The summed E-state index contributed by atoms with van der Waals surface area (Å²) in [6, 6.07) is 13.8. The quantitative estimate of drug-likeness (QED) is 0.0665. The number of sulfonamides is 1. The number of amides is 2. The zero-order valence-corrected chi connectivity index (χ0v) is 35.8. The van der Waals surface area contributed by atoms with Crippen molar-refractivity contribution in [2.45, 2.75) is 114 Å². The Morgan fingerprint density at radius 1 is 0.847 bits per heavy atom. The predicted octanol–water partition coefficient (Wildman–Crippen LogP) is 8.91. The predicted molar refractivity (Wildman–Crippen MR) is 234 cm³/mol. The normalized spacial score (nSPS) is 19.6. The number of anilines is 1. The van der Waals surface area contributed by atoms with Crippen molar-refractivity contribution in [1.82, 2.24) is 9.21 Å². The number of benzene rings is 2. The van der Waals surface area contributed by atoms with E-state index in [-0.39, 0.29) is 48.8 Å². The molecule has 4 rings (SSSR count). The Morgan fingerprint density at radius 3 is 2.05 bits per heavy atom. The summed E-state index contributed by atoms with van der Waals surface area (Å²) in [6.07, 6.45) is 25.8. The Balaban J connectivity index is 1.30. The molecular formula is C47H65N3O8S. The number of carboxylic acid groups (broad SMARTS) is 1. The van der Waals surface area contributed by atoms with Crippen LogP contribution in [0.15, 0.2) is 120 Å². The summed E-state index contributed by atoms with van der Waals surface area (Å²) in [5.41, 5.74) is 1.29.